The first-order valence-corrected chi connectivity index (χ1v) is 6.97. The molecule has 20 heavy (non-hydrogen) atoms. The van der Waals surface area contributed by atoms with E-state index in [-0.39, 0.29) is 5.91 Å². The molecule has 0 radical (unpaired) electrons. The minimum Gasteiger partial charge on any atom is -0.481 e. The van der Waals surface area contributed by atoms with Crippen molar-refractivity contribution in [1.29, 1.82) is 0 Å². The third kappa shape index (κ3) is 3.35. The number of pyridine rings is 1. The van der Waals surface area contributed by atoms with E-state index in [1.54, 1.807) is 18.1 Å². The van der Waals surface area contributed by atoms with Crippen LogP contribution in [-0.2, 0) is 16.1 Å². The largest absolute Gasteiger partial charge is 0.481 e. The predicted octanol–water partition coefficient (Wildman–Crippen LogP) is 1.93. The van der Waals surface area contributed by atoms with Gasteiger partial charge in [0.05, 0.1) is 24.1 Å². The number of carboxylic acids is 1. The molecule has 5 nitrogen and oxygen atoms in total. The quantitative estimate of drug-likeness (QED) is 0.912. The van der Waals surface area contributed by atoms with Gasteiger partial charge in [0.2, 0.25) is 5.91 Å². The molecule has 108 valence electrons. The number of amides is 1. The van der Waals surface area contributed by atoms with Gasteiger partial charge in [-0.05, 0) is 25.0 Å². The van der Waals surface area contributed by atoms with Crippen LogP contribution in [-0.4, -0.2) is 33.9 Å². The maximum Gasteiger partial charge on any atom is 0.307 e. The molecule has 1 N–H and O–H groups in total. The molecule has 0 unspecified atom stereocenters. The van der Waals surface area contributed by atoms with Crippen molar-refractivity contribution in [2.75, 3.05) is 7.05 Å². The Bertz CT molecular complexity index is 475. The zero-order chi connectivity index (χ0) is 14.5. The molecule has 1 fully saturated rings. The Morgan fingerprint density at radius 3 is 2.60 bits per heavy atom. The summed E-state index contributed by atoms with van der Waals surface area (Å²) in [6.07, 6.45) is 4.78. The molecule has 0 aliphatic heterocycles. The number of nitrogens with zero attached hydrogens (tertiary/aromatic N) is 2. The average molecular weight is 276 g/mol. The molecule has 2 atom stereocenters. The molecule has 1 aromatic heterocycles. The van der Waals surface area contributed by atoms with E-state index < -0.39 is 17.8 Å². The van der Waals surface area contributed by atoms with E-state index in [9.17, 15) is 14.7 Å². The van der Waals surface area contributed by atoms with Crippen molar-refractivity contribution >= 4 is 11.9 Å². The van der Waals surface area contributed by atoms with Crippen LogP contribution in [0.1, 0.15) is 31.4 Å². The van der Waals surface area contributed by atoms with Crippen LogP contribution in [0.25, 0.3) is 0 Å². The smallest absolute Gasteiger partial charge is 0.307 e. The van der Waals surface area contributed by atoms with E-state index in [4.69, 9.17) is 0 Å². The highest BCUT2D eigenvalue weighted by Crippen LogP contribution is 2.31. The van der Waals surface area contributed by atoms with Crippen molar-refractivity contribution in [3.8, 4) is 0 Å². The molecule has 2 rings (SSSR count). The first-order valence-electron chi connectivity index (χ1n) is 6.97. The van der Waals surface area contributed by atoms with Crippen molar-refractivity contribution in [3.05, 3.63) is 30.1 Å². The summed E-state index contributed by atoms with van der Waals surface area (Å²) in [5.41, 5.74) is 0.811. The molecule has 0 saturated heterocycles. The van der Waals surface area contributed by atoms with Crippen LogP contribution in [0.3, 0.4) is 0 Å². The van der Waals surface area contributed by atoms with Gasteiger partial charge in [-0.2, -0.15) is 0 Å². The highest BCUT2D eigenvalue weighted by atomic mass is 16.4. The van der Waals surface area contributed by atoms with Gasteiger partial charge >= 0.3 is 5.97 Å². The Morgan fingerprint density at radius 2 is 2.00 bits per heavy atom. The van der Waals surface area contributed by atoms with Gasteiger partial charge in [0.1, 0.15) is 0 Å². The average Bonchev–Trinajstić information content (AvgIpc) is 2.47. The molecular formula is C15H20N2O3. The van der Waals surface area contributed by atoms with Gasteiger partial charge in [0.15, 0.2) is 0 Å². The molecular weight excluding hydrogens is 256 g/mol. The molecule has 1 saturated carbocycles. The lowest BCUT2D eigenvalue weighted by Gasteiger charge is -2.30. The van der Waals surface area contributed by atoms with Crippen molar-refractivity contribution in [1.82, 2.24) is 9.88 Å². The Hall–Kier alpha value is -1.91. The van der Waals surface area contributed by atoms with Gasteiger partial charge in [-0.3, -0.25) is 14.6 Å². The maximum absolute atomic E-state index is 12.5. The van der Waals surface area contributed by atoms with Gasteiger partial charge in [-0.1, -0.05) is 18.9 Å². The second-order valence-electron chi connectivity index (χ2n) is 5.35. The number of aliphatic carboxylic acids is 1. The van der Waals surface area contributed by atoms with Crippen molar-refractivity contribution < 1.29 is 14.7 Å². The van der Waals surface area contributed by atoms with Crippen molar-refractivity contribution in [3.63, 3.8) is 0 Å². The molecule has 5 heteroatoms. The fourth-order valence-electron chi connectivity index (χ4n) is 2.82. The fraction of sp³-hybridized carbons (Fsp3) is 0.533. The van der Waals surface area contributed by atoms with Gasteiger partial charge in [0, 0.05) is 13.2 Å². The Labute approximate surface area is 118 Å². The molecule has 1 aliphatic carbocycles. The number of hydrogen-bond acceptors (Lipinski definition) is 3. The standard InChI is InChI=1S/C15H20N2O3/c1-17(10-11-6-4-5-9-16-11)14(18)12-7-2-3-8-13(12)15(19)20/h4-6,9,12-13H,2-3,7-8,10H2,1H3,(H,19,20)/t12-,13+/m1/s1. The molecule has 1 aromatic rings. The van der Waals surface area contributed by atoms with Crippen LogP contribution in [0.5, 0.6) is 0 Å². The summed E-state index contributed by atoms with van der Waals surface area (Å²) in [5, 5.41) is 9.25. The van der Waals surface area contributed by atoms with Crippen LogP contribution in [0.2, 0.25) is 0 Å². The summed E-state index contributed by atoms with van der Waals surface area (Å²) in [7, 11) is 1.71. The van der Waals surface area contributed by atoms with Gasteiger partial charge in [-0.15, -0.1) is 0 Å². The lowest BCUT2D eigenvalue weighted by atomic mass is 9.78. The van der Waals surface area contributed by atoms with Crippen LogP contribution in [0.4, 0.5) is 0 Å². The zero-order valence-corrected chi connectivity index (χ0v) is 11.7. The molecule has 1 aliphatic rings. The molecule has 1 amide bonds. The van der Waals surface area contributed by atoms with E-state index in [2.05, 4.69) is 4.98 Å². The number of carbonyl (C=O) groups is 2. The summed E-state index contributed by atoms with van der Waals surface area (Å²) in [6.45, 7) is 0.419. The molecule has 0 spiro atoms. The topological polar surface area (TPSA) is 70.5 Å². The minimum absolute atomic E-state index is 0.0808. The highest BCUT2D eigenvalue weighted by molar-refractivity contribution is 5.84. The van der Waals surface area contributed by atoms with E-state index >= 15 is 0 Å². The second-order valence-corrected chi connectivity index (χ2v) is 5.35. The normalized spacial score (nSPS) is 22.2. The monoisotopic (exact) mass is 276 g/mol. The van der Waals surface area contributed by atoms with E-state index in [1.165, 1.54) is 0 Å². The Morgan fingerprint density at radius 1 is 1.30 bits per heavy atom. The summed E-state index contributed by atoms with van der Waals surface area (Å²) in [4.78, 5) is 29.5. The zero-order valence-electron chi connectivity index (χ0n) is 11.7. The first kappa shape index (κ1) is 14.5. The highest BCUT2D eigenvalue weighted by Gasteiger charge is 2.37. The van der Waals surface area contributed by atoms with Crippen molar-refractivity contribution in [2.24, 2.45) is 11.8 Å². The number of aromatic nitrogens is 1. The molecule has 0 bridgehead atoms. The lowest BCUT2D eigenvalue weighted by molar-refractivity contribution is -0.152. The summed E-state index contributed by atoms with van der Waals surface area (Å²) in [6, 6.07) is 5.56. The van der Waals surface area contributed by atoms with E-state index in [0.29, 0.717) is 19.4 Å². The number of hydrogen-bond donors (Lipinski definition) is 1. The molecule has 1 heterocycles. The van der Waals surface area contributed by atoms with Crippen LogP contribution >= 0.6 is 0 Å². The number of carboxylic acid groups (broad SMARTS) is 1. The second kappa shape index (κ2) is 6.50. The van der Waals surface area contributed by atoms with Crippen LogP contribution in [0, 0.1) is 11.8 Å². The fourth-order valence-corrected chi connectivity index (χ4v) is 2.82. The maximum atomic E-state index is 12.5. The van der Waals surface area contributed by atoms with Gasteiger partial charge in [-0.25, -0.2) is 0 Å². The number of rotatable bonds is 4. The van der Waals surface area contributed by atoms with Gasteiger partial charge in [0.25, 0.3) is 0 Å². The summed E-state index contributed by atoms with van der Waals surface area (Å²) < 4.78 is 0. The van der Waals surface area contributed by atoms with E-state index in [1.807, 2.05) is 18.2 Å². The van der Waals surface area contributed by atoms with Gasteiger partial charge < -0.3 is 10.0 Å². The Balaban J connectivity index is 2.03. The molecule has 0 aromatic carbocycles. The summed E-state index contributed by atoms with van der Waals surface area (Å²) >= 11 is 0. The number of carbonyl (C=O) groups excluding carboxylic acids is 1. The third-order valence-electron chi connectivity index (χ3n) is 3.90. The summed E-state index contributed by atoms with van der Waals surface area (Å²) in [5.74, 6) is -1.87. The minimum atomic E-state index is -0.853. The van der Waals surface area contributed by atoms with E-state index in [0.717, 1.165) is 18.5 Å². The predicted molar refractivity (Wildman–Crippen MR) is 73.8 cm³/mol. The van der Waals surface area contributed by atoms with Crippen LogP contribution in [0.15, 0.2) is 24.4 Å². The lowest BCUT2D eigenvalue weighted by Crippen LogP contribution is -2.40. The SMILES string of the molecule is CN(Cc1ccccn1)C(=O)[C@@H]1CCCC[C@@H]1C(=O)O. The third-order valence-corrected chi connectivity index (χ3v) is 3.90. The van der Waals surface area contributed by atoms with Crippen molar-refractivity contribution in [2.45, 2.75) is 32.2 Å². The Kier molecular flexibility index (Phi) is 4.71. The van der Waals surface area contributed by atoms with Crippen LogP contribution < -0.4 is 0 Å². The first-order chi connectivity index (χ1) is 9.59.